The van der Waals surface area contributed by atoms with Crippen LogP contribution in [0.3, 0.4) is 0 Å². The van der Waals surface area contributed by atoms with E-state index in [0.717, 1.165) is 30.7 Å². The van der Waals surface area contributed by atoms with Crippen molar-refractivity contribution in [1.29, 1.82) is 0 Å². The van der Waals surface area contributed by atoms with E-state index in [9.17, 15) is 0 Å². The molecule has 2 aromatic rings. The van der Waals surface area contributed by atoms with Gasteiger partial charge in [-0.15, -0.1) is 10.2 Å². The molecule has 2 N–H and O–H groups in total. The largest absolute Gasteiger partial charge is 0.357 e. The first kappa shape index (κ1) is 18.0. The third-order valence-electron chi connectivity index (χ3n) is 4.09. The topological polar surface area (TPSA) is 67.1 Å². The van der Waals surface area contributed by atoms with Crippen LogP contribution in [0.25, 0.3) is 0 Å². The Morgan fingerprint density at radius 1 is 1.25 bits per heavy atom. The molecule has 0 aliphatic heterocycles. The Labute approximate surface area is 144 Å². The first-order valence-corrected chi connectivity index (χ1v) is 8.44. The SMILES string of the molecule is CCNC(=NCc1nnc(C)n1C)NCC(C)c1cccc(C)c1. The molecule has 0 bridgehead atoms. The van der Waals surface area contributed by atoms with Crippen molar-refractivity contribution >= 4 is 5.96 Å². The molecule has 0 saturated heterocycles. The van der Waals surface area contributed by atoms with Gasteiger partial charge in [0.25, 0.3) is 0 Å². The van der Waals surface area contributed by atoms with E-state index >= 15 is 0 Å². The van der Waals surface area contributed by atoms with Crippen LogP contribution in [0.1, 0.15) is 42.5 Å². The number of nitrogens with zero attached hydrogens (tertiary/aromatic N) is 4. The van der Waals surface area contributed by atoms with E-state index in [1.165, 1.54) is 11.1 Å². The molecule has 0 radical (unpaired) electrons. The van der Waals surface area contributed by atoms with E-state index in [1.807, 2.05) is 18.5 Å². The van der Waals surface area contributed by atoms with Gasteiger partial charge in [-0.05, 0) is 32.3 Å². The molecule has 1 unspecified atom stereocenters. The number of aliphatic imine (C=N–C) groups is 1. The Morgan fingerprint density at radius 2 is 2.04 bits per heavy atom. The highest BCUT2D eigenvalue weighted by Gasteiger charge is 2.08. The van der Waals surface area contributed by atoms with E-state index in [2.05, 4.69) is 70.9 Å². The molecule has 0 saturated carbocycles. The van der Waals surface area contributed by atoms with Gasteiger partial charge in [0.15, 0.2) is 11.8 Å². The molecule has 1 atom stereocenters. The average molecular weight is 328 g/mol. The van der Waals surface area contributed by atoms with Crippen LogP contribution < -0.4 is 10.6 Å². The van der Waals surface area contributed by atoms with E-state index in [0.29, 0.717) is 12.5 Å². The van der Waals surface area contributed by atoms with Crippen molar-refractivity contribution in [1.82, 2.24) is 25.4 Å². The number of aromatic nitrogens is 3. The maximum atomic E-state index is 4.61. The number of rotatable bonds is 6. The average Bonchev–Trinajstić information content (AvgIpc) is 2.89. The number of guanidine groups is 1. The minimum atomic E-state index is 0.408. The molecule has 1 aromatic carbocycles. The van der Waals surface area contributed by atoms with Crippen molar-refractivity contribution in [2.24, 2.45) is 12.0 Å². The van der Waals surface area contributed by atoms with Gasteiger partial charge in [-0.2, -0.15) is 0 Å². The molecule has 1 heterocycles. The summed E-state index contributed by atoms with van der Waals surface area (Å²) in [6.45, 7) is 10.5. The molecule has 6 heteroatoms. The molecule has 0 fully saturated rings. The van der Waals surface area contributed by atoms with E-state index < -0.39 is 0 Å². The number of aryl methyl sites for hydroxylation is 2. The summed E-state index contributed by atoms with van der Waals surface area (Å²) in [6.07, 6.45) is 0. The highest BCUT2D eigenvalue weighted by Crippen LogP contribution is 2.15. The molecule has 2 rings (SSSR count). The van der Waals surface area contributed by atoms with Crippen LogP contribution in [-0.2, 0) is 13.6 Å². The lowest BCUT2D eigenvalue weighted by Gasteiger charge is -2.16. The van der Waals surface area contributed by atoms with Crippen LogP contribution >= 0.6 is 0 Å². The molecular weight excluding hydrogens is 300 g/mol. The van der Waals surface area contributed by atoms with E-state index in [-0.39, 0.29) is 0 Å². The molecular formula is C18H28N6. The van der Waals surface area contributed by atoms with Crippen LogP contribution in [0.2, 0.25) is 0 Å². The maximum Gasteiger partial charge on any atom is 0.191 e. The lowest BCUT2D eigenvalue weighted by Crippen LogP contribution is -2.39. The van der Waals surface area contributed by atoms with Crippen LogP contribution in [0, 0.1) is 13.8 Å². The van der Waals surface area contributed by atoms with Gasteiger partial charge in [0.05, 0.1) is 0 Å². The van der Waals surface area contributed by atoms with Crippen molar-refractivity contribution in [2.75, 3.05) is 13.1 Å². The lowest BCUT2D eigenvalue weighted by molar-refractivity contribution is 0.694. The van der Waals surface area contributed by atoms with Gasteiger partial charge in [-0.3, -0.25) is 0 Å². The van der Waals surface area contributed by atoms with E-state index in [1.54, 1.807) is 0 Å². The second-order valence-corrected chi connectivity index (χ2v) is 6.11. The first-order chi connectivity index (χ1) is 11.5. The third kappa shape index (κ3) is 4.81. The van der Waals surface area contributed by atoms with Crippen LogP contribution in [0.15, 0.2) is 29.3 Å². The first-order valence-electron chi connectivity index (χ1n) is 8.44. The van der Waals surface area contributed by atoms with Gasteiger partial charge in [0, 0.05) is 20.1 Å². The Balaban J connectivity index is 1.97. The van der Waals surface area contributed by atoms with Crippen LogP contribution in [0.5, 0.6) is 0 Å². The van der Waals surface area contributed by atoms with Gasteiger partial charge in [0.2, 0.25) is 0 Å². The summed E-state index contributed by atoms with van der Waals surface area (Å²) >= 11 is 0. The summed E-state index contributed by atoms with van der Waals surface area (Å²) in [5.74, 6) is 2.96. The summed E-state index contributed by atoms with van der Waals surface area (Å²) in [5.41, 5.74) is 2.62. The summed E-state index contributed by atoms with van der Waals surface area (Å²) < 4.78 is 1.96. The normalized spacial score (nSPS) is 13.0. The van der Waals surface area contributed by atoms with Crippen molar-refractivity contribution in [3.8, 4) is 0 Å². The zero-order chi connectivity index (χ0) is 17.5. The zero-order valence-electron chi connectivity index (χ0n) is 15.3. The van der Waals surface area contributed by atoms with Crippen LogP contribution in [0.4, 0.5) is 0 Å². The fourth-order valence-corrected chi connectivity index (χ4v) is 2.42. The van der Waals surface area contributed by atoms with Crippen molar-refractivity contribution in [3.63, 3.8) is 0 Å². The molecule has 24 heavy (non-hydrogen) atoms. The Bertz CT molecular complexity index is 689. The number of benzene rings is 1. The molecule has 0 aliphatic carbocycles. The Kier molecular flexibility index (Phi) is 6.35. The molecule has 1 aromatic heterocycles. The minimum absolute atomic E-state index is 0.408. The fraction of sp³-hybridized carbons (Fsp3) is 0.500. The number of hydrogen-bond donors (Lipinski definition) is 2. The minimum Gasteiger partial charge on any atom is -0.357 e. The molecule has 0 amide bonds. The second kappa shape index (κ2) is 8.47. The lowest BCUT2D eigenvalue weighted by atomic mass is 9.99. The van der Waals surface area contributed by atoms with Crippen molar-refractivity contribution in [2.45, 2.75) is 40.2 Å². The summed E-state index contributed by atoms with van der Waals surface area (Å²) in [5, 5.41) is 14.9. The molecule has 0 spiro atoms. The predicted octanol–water partition coefficient (Wildman–Crippen LogP) is 2.29. The van der Waals surface area contributed by atoms with Gasteiger partial charge >= 0.3 is 0 Å². The summed E-state index contributed by atoms with van der Waals surface area (Å²) in [4.78, 5) is 4.61. The van der Waals surface area contributed by atoms with Gasteiger partial charge in [-0.25, -0.2) is 4.99 Å². The summed E-state index contributed by atoms with van der Waals surface area (Å²) in [7, 11) is 1.96. The zero-order valence-corrected chi connectivity index (χ0v) is 15.3. The molecule has 6 nitrogen and oxygen atoms in total. The highest BCUT2D eigenvalue weighted by molar-refractivity contribution is 5.79. The van der Waals surface area contributed by atoms with Crippen molar-refractivity contribution < 1.29 is 0 Å². The molecule has 130 valence electrons. The second-order valence-electron chi connectivity index (χ2n) is 6.11. The smallest absolute Gasteiger partial charge is 0.191 e. The molecule has 0 aliphatic rings. The van der Waals surface area contributed by atoms with Crippen molar-refractivity contribution in [3.05, 3.63) is 47.0 Å². The fourth-order valence-electron chi connectivity index (χ4n) is 2.42. The monoisotopic (exact) mass is 328 g/mol. The van der Waals surface area contributed by atoms with E-state index in [4.69, 9.17) is 0 Å². The predicted molar refractivity (Wildman–Crippen MR) is 98.2 cm³/mol. The maximum absolute atomic E-state index is 4.61. The number of nitrogens with one attached hydrogen (secondary N) is 2. The quantitative estimate of drug-likeness (QED) is 0.631. The van der Waals surface area contributed by atoms with Gasteiger partial charge in [-0.1, -0.05) is 36.8 Å². The summed E-state index contributed by atoms with van der Waals surface area (Å²) in [6, 6.07) is 8.64. The Morgan fingerprint density at radius 3 is 2.67 bits per heavy atom. The number of hydrogen-bond acceptors (Lipinski definition) is 3. The standard InChI is InChI=1S/C18H28N6/c1-6-19-18(21-12-17-23-22-15(4)24(17)5)20-11-14(3)16-9-7-8-13(2)10-16/h7-10,14H,6,11-12H2,1-5H3,(H2,19,20,21). The van der Waals surface area contributed by atoms with Gasteiger partial charge < -0.3 is 15.2 Å². The van der Waals surface area contributed by atoms with Crippen LogP contribution in [-0.4, -0.2) is 33.8 Å². The van der Waals surface area contributed by atoms with Gasteiger partial charge in [0.1, 0.15) is 12.4 Å². The highest BCUT2D eigenvalue weighted by atomic mass is 15.3. The third-order valence-corrected chi connectivity index (χ3v) is 4.09. The Hall–Kier alpha value is -2.37.